The van der Waals surface area contributed by atoms with E-state index >= 15 is 0 Å². The van der Waals surface area contributed by atoms with Gasteiger partial charge in [-0.2, -0.15) is 0 Å². The van der Waals surface area contributed by atoms with Gasteiger partial charge in [-0.15, -0.1) is 0 Å². The van der Waals surface area contributed by atoms with Crippen LogP contribution >= 0.6 is 0 Å². The van der Waals surface area contributed by atoms with Crippen LogP contribution in [-0.4, -0.2) is 28.8 Å². The summed E-state index contributed by atoms with van der Waals surface area (Å²) in [6.07, 6.45) is 2.65. The van der Waals surface area contributed by atoms with Crippen LogP contribution in [0.25, 0.3) is 0 Å². The van der Waals surface area contributed by atoms with Crippen LogP contribution in [0.1, 0.15) is 46.0 Å². The SMILES string of the molecule is CC/C=C(\C)C(=O)CC(O)CC1CC(=O)NC(=O)C1. The van der Waals surface area contributed by atoms with E-state index in [1.165, 1.54) is 0 Å². The van der Waals surface area contributed by atoms with E-state index in [1.54, 1.807) is 6.92 Å². The number of carbonyl (C=O) groups excluding carboxylic acids is 3. The van der Waals surface area contributed by atoms with Crippen molar-refractivity contribution in [3.05, 3.63) is 11.6 Å². The highest BCUT2D eigenvalue weighted by atomic mass is 16.3. The van der Waals surface area contributed by atoms with Crippen molar-refractivity contribution in [2.24, 2.45) is 5.92 Å². The number of Topliss-reactive ketones (excluding diaryl/α,β-unsaturated/α-hetero) is 1. The second-order valence-corrected chi connectivity index (χ2v) is 5.06. The Morgan fingerprint density at radius 2 is 2.00 bits per heavy atom. The smallest absolute Gasteiger partial charge is 0.226 e. The Bertz CT molecular complexity index is 384. The minimum atomic E-state index is -0.795. The molecule has 0 radical (unpaired) electrons. The molecule has 1 fully saturated rings. The first-order valence-electron chi connectivity index (χ1n) is 6.63. The van der Waals surface area contributed by atoms with Gasteiger partial charge < -0.3 is 5.11 Å². The lowest BCUT2D eigenvalue weighted by Crippen LogP contribution is -2.39. The van der Waals surface area contributed by atoms with Gasteiger partial charge in [0.25, 0.3) is 0 Å². The molecular weight excluding hydrogens is 246 g/mol. The van der Waals surface area contributed by atoms with E-state index in [0.29, 0.717) is 12.0 Å². The fourth-order valence-corrected chi connectivity index (χ4v) is 2.28. The van der Waals surface area contributed by atoms with Crippen molar-refractivity contribution in [3.63, 3.8) is 0 Å². The first-order chi connectivity index (χ1) is 8.92. The van der Waals surface area contributed by atoms with Crippen LogP contribution in [-0.2, 0) is 14.4 Å². The van der Waals surface area contributed by atoms with Crippen LogP contribution in [0.4, 0.5) is 0 Å². The molecule has 0 aromatic carbocycles. The Hall–Kier alpha value is -1.49. The molecule has 1 unspecified atom stereocenters. The van der Waals surface area contributed by atoms with E-state index in [1.807, 2.05) is 13.0 Å². The number of carbonyl (C=O) groups is 3. The summed E-state index contributed by atoms with van der Waals surface area (Å²) in [7, 11) is 0. The predicted octanol–water partition coefficient (Wildman–Crippen LogP) is 1.11. The van der Waals surface area contributed by atoms with Crippen molar-refractivity contribution in [3.8, 4) is 0 Å². The van der Waals surface area contributed by atoms with Crippen LogP contribution in [0.15, 0.2) is 11.6 Å². The quantitative estimate of drug-likeness (QED) is 0.557. The van der Waals surface area contributed by atoms with Crippen LogP contribution < -0.4 is 5.32 Å². The van der Waals surface area contributed by atoms with E-state index in [9.17, 15) is 19.5 Å². The molecule has 1 heterocycles. The van der Waals surface area contributed by atoms with E-state index in [-0.39, 0.29) is 42.8 Å². The van der Waals surface area contributed by atoms with Gasteiger partial charge in [0.2, 0.25) is 11.8 Å². The molecule has 1 atom stereocenters. The number of ketones is 1. The Kier molecular flexibility index (Phi) is 5.89. The summed E-state index contributed by atoms with van der Waals surface area (Å²) in [6, 6.07) is 0. The lowest BCUT2D eigenvalue weighted by atomic mass is 9.89. The molecule has 106 valence electrons. The van der Waals surface area contributed by atoms with Gasteiger partial charge >= 0.3 is 0 Å². The van der Waals surface area contributed by atoms with Crippen molar-refractivity contribution < 1.29 is 19.5 Å². The second-order valence-electron chi connectivity index (χ2n) is 5.06. The monoisotopic (exact) mass is 267 g/mol. The molecular formula is C14H21NO4. The van der Waals surface area contributed by atoms with Gasteiger partial charge in [-0.3, -0.25) is 19.7 Å². The van der Waals surface area contributed by atoms with Gasteiger partial charge in [0.1, 0.15) is 0 Å². The molecule has 5 nitrogen and oxygen atoms in total. The zero-order valence-corrected chi connectivity index (χ0v) is 11.4. The topological polar surface area (TPSA) is 83.5 Å². The molecule has 5 heteroatoms. The molecule has 0 saturated carbocycles. The molecule has 0 aliphatic carbocycles. The van der Waals surface area contributed by atoms with Crippen LogP contribution in [0.3, 0.4) is 0 Å². The van der Waals surface area contributed by atoms with E-state index in [4.69, 9.17) is 0 Å². The molecule has 0 spiro atoms. The molecule has 1 rings (SSSR count). The maximum absolute atomic E-state index is 11.7. The molecule has 2 amide bonds. The number of aliphatic hydroxyl groups is 1. The van der Waals surface area contributed by atoms with Crippen molar-refractivity contribution in [1.82, 2.24) is 5.32 Å². The highest BCUT2D eigenvalue weighted by Gasteiger charge is 2.27. The lowest BCUT2D eigenvalue weighted by Gasteiger charge is -2.22. The van der Waals surface area contributed by atoms with Gasteiger partial charge in [-0.05, 0) is 31.3 Å². The molecule has 2 N–H and O–H groups in total. The van der Waals surface area contributed by atoms with Gasteiger partial charge in [0, 0.05) is 19.3 Å². The van der Waals surface area contributed by atoms with Gasteiger partial charge in [0.15, 0.2) is 5.78 Å². The Labute approximate surface area is 113 Å². The summed E-state index contributed by atoms with van der Waals surface area (Å²) in [4.78, 5) is 34.1. The Morgan fingerprint density at radius 3 is 2.53 bits per heavy atom. The molecule has 1 aliphatic rings. The van der Waals surface area contributed by atoms with Gasteiger partial charge in [0.05, 0.1) is 6.10 Å². The normalized spacial score (nSPS) is 19.2. The minimum absolute atomic E-state index is 0.0502. The number of aliphatic hydroxyl groups excluding tert-OH is 1. The summed E-state index contributed by atoms with van der Waals surface area (Å²) in [5, 5.41) is 12.1. The third-order valence-corrected chi connectivity index (χ3v) is 3.20. The maximum atomic E-state index is 11.7. The summed E-state index contributed by atoms with van der Waals surface area (Å²) < 4.78 is 0. The molecule has 1 saturated heterocycles. The number of rotatable bonds is 6. The zero-order chi connectivity index (χ0) is 14.4. The highest BCUT2D eigenvalue weighted by Crippen LogP contribution is 2.21. The number of imide groups is 1. The van der Waals surface area contributed by atoms with Crippen molar-refractivity contribution in [2.75, 3.05) is 0 Å². The van der Waals surface area contributed by atoms with Crippen LogP contribution in [0, 0.1) is 5.92 Å². The first kappa shape index (κ1) is 15.6. The fourth-order valence-electron chi connectivity index (χ4n) is 2.28. The van der Waals surface area contributed by atoms with E-state index < -0.39 is 6.10 Å². The number of hydrogen-bond donors (Lipinski definition) is 2. The molecule has 0 bridgehead atoms. The standard InChI is InChI=1S/C14H21NO4/c1-3-4-9(2)12(17)8-11(16)5-10-6-13(18)15-14(19)7-10/h4,10-11,16H,3,5-8H2,1-2H3,(H,15,18,19)/b9-4+. The zero-order valence-electron chi connectivity index (χ0n) is 11.4. The highest BCUT2D eigenvalue weighted by molar-refractivity contribution is 5.97. The summed E-state index contributed by atoms with van der Waals surface area (Å²) in [5.74, 6) is -0.857. The predicted molar refractivity (Wildman–Crippen MR) is 70.2 cm³/mol. The number of allylic oxidation sites excluding steroid dienone is 2. The number of amides is 2. The summed E-state index contributed by atoms with van der Waals surface area (Å²) >= 11 is 0. The largest absolute Gasteiger partial charge is 0.393 e. The van der Waals surface area contributed by atoms with Crippen molar-refractivity contribution >= 4 is 17.6 Å². The summed E-state index contributed by atoms with van der Waals surface area (Å²) in [6.45, 7) is 3.68. The summed E-state index contributed by atoms with van der Waals surface area (Å²) in [5.41, 5.74) is 0.652. The number of hydrogen-bond acceptors (Lipinski definition) is 4. The number of nitrogens with one attached hydrogen (secondary N) is 1. The second kappa shape index (κ2) is 7.19. The third-order valence-electron chi connectivity index (χ3n) is 3.20. The van der Waals surface area contributed by atoms with Gasteiger partial charge in [-0.25, -0.2) is 0 Å². The molecule has 0 aromatic rings. The van der Waals surface area contributed by atoms with Crippen LogP contribution in [0.5, 0.6) is 0 Å². The van der Waals surface area contributed by atoms with E-state index in [0.717, 1.165) is 6.42 Å². The fraction of sp³-hybridized carbons (Fsp3) is 0.643. The third kappa shape index (κ3) is 5.34. The number of piperidine rings is 1. The average molecular weight is 267 g/mol. The Morgan fingerprint density at radius 1 is 1.42 bits per heavy atom. The molecule has 0 aromatic heterocycles. The molecule has 19 heavy (non-hydrogen) atoms. The Balaban J connectivity index is 2.44. The van der Waals surface area contributed by atoms with E-state index in [2.05, 4.69) is 5.32 Å². The van der Waals surface area contributed by atoms with Crippen molar-refractivity contribution in [1.29, 1.82) is 0 Å². The maximum Gasteiger partial charge on any atom is 0.226 e. The van der Waals surface area contributed by atoms with Gasteiger partial charge in [-0.1, -0.05) is 13.0 Å². The average Bonchev–Trinajstić information content (AvgIpc) is 2.27. The van der Waals surface area contributed by atoms with Crippen LogP contribution in [0.2, 0.25) is 0 Å². The molecule has 1 aliphatic heterocycles. The first-order valence-corrected chi connectivity index (χ1v) is 6.63. The minimum Gasteiger partial charge on any atom is -0.393 e. The lowest BCUT2D eigenvalue weighted by molar-refractivity contribution is -0.135. The van der Waals surface area contributed by atoms with Crippen molar-refractivity contribution in [2.45, 2.75) is 52.1 Å².